The summed E-state index contributed by atoms with van der Waals surface area (Å²) in [5.74, 6) is 0. The molecule has 1 N–H and O–H groups in total. The van der Waals surface area contributed by atoms with Gasteiger partial charge in [-0.05, 0) is 61.1 Å². The Balaban J connectivity index is 1.51. The molecule has 0 fully saturated rings. The Hall–Kier alpha value is -2.20. The van der Waals surface area contributed by atoms with Gasteiger partial charge in [0.25, 0.3) is 0 Å². The van der Waals surface area contributed by atoms with Crippen LogP contribution in [0.5, 0.6) is 0 Å². The van der Waals surface area contributed by atoms with Crippen molar-refractivity contribution < 1.29 is 5.11 Å². The molecule has 0 saturated carbocycles. The summed E-state index contributed by atoms with van der Waals surface area (Å²) in [5, 5.41) is 20.4. The maximum atomic E-state index is 10.9. The Morgan fingerprint density at radius 2 is 1.07 bits per heavy atom. The number of nitrogens with zero attached hydrogens (tertiary/aromatic N) is 3. The Morgan fingerprint density at radius 1 is 0.600 bits per heavy atom. The molecule has 0 aliphatic carbocycles. The molecule has 1 aromatic heterocycles. The van der Waals surface area contributed by atoms with E-state index < -0.39 is 0 Å². The number of aryl methyl sites for hydroxylation is 1. The molecular weight excluding hydrogens is 490 g/mol. The van der Waals surface area contributed by atoms with Crippen molar-refractivity contribution in [1.82, 2.24) is 15.0 Å². The number of hydrogen-bond donors (Lipinski definition) is 1. The minimum absolute atomic E-state index is 0.287. The molecule has 0 spiro atoms. The van der Waals surface area contributed by atoms with Crippen molar-refractivity contribution in [1.29, 1.82) is 0 Å². The van der Waals surface area contributed by atoms with E-state index in [1.54, 1.807) is 4.80 Å². The lowest BCUT2D eigenvalue weighted by Crippen LogP contribution is -2.11. The van der Waals surface area contributed by atoms with Crippen LogP contribution in [0.3, 0.4) is 0 Å². The van der Waals surface area contributed by atoms with Crippen molar-refractivity contribution >= 4 is 11.0 Å². The first-order valence-corrected chi connectivity index (χ1v) is 16.8. The maximum absolute atomic E-state index is 10.9. The molecule has 3 rings (SSSR count). The molecule has 0 bridgehead atoms. The van der Waals surface area contributed by atoms with Crippen molar-refractivity contribution in [3.05, 3.63) is 53.6 Å². The number of benzene rings is 2. The summed E-state index contributed by atoms with van der Waals surface area (Å²) in [6.45, 7) is 4.55. The second kappa shape index (κ2) is 19.8. The third-order valence-electron chi connectivity index (χ3n) is 8.24. The Bertz CT molecular complexity index is 1030. The van der Waals surface area contributed by atoms with E-state index in [-0.39, 0.29) is 6.10 Å². The van der Waals surface area contributed by atoms with Crippen LogP contribution in [0.2, 0.25) is 0 Å². The maximum Gasteiger partial charge on any atom is 0.113 e. The van der Waals surface area contributed by atoms with Crippen LogP contribution in [0, 0.1) is 0 Å². The summed E-state index contributed by atoms with van der Waals surface area (Å²) < 4.78 is 0. The predicted octanol–water partition coefficient (Wildman–Crippen LogP) is 10.3. The zero-order chi connectivity index (χ0) is 28.3. The van der Waals surface area contributed by atoms with Gasteiger partial charge >= 0.3 is 0 Å². The molecule has 1 atom stereocenters. The van der Waals surface area contributed by atoms with Crippen LogP contribution >= 0.6 is 0 Å². The zero-order valence-corrected chi connectivity index (χ0v) is 25.8. The molecule has 0 amide bonds. The fraction of sp³-hybridized carbons (Fsp3) is 0.667. The number of aromatic nitrogens is 3. The fourth-order valence-corrected chi connectivity index (χ4v) is 5.80. The summed E-state index contributed by atoms with van der Waals surface area (Å²) in [5.41, 5.74) is 5.38. The largest absolute Gasteiger partial charge is 0.393 e. The van der Waals surface area contributed by atoms with Gasteiger partial charge in [0.2, 0.25) is 0 Å². The molecule has 4 nitrogen and oxygen atoms in total. The summed E-state index contributed by atoms with van der Waals surface area (Å²) in [6.07, 6.45) is 26.3. The first kappa shape index (κ1) is 32.3. The van der Waals surface area contributed by atoms with Crippen LogP contribution in [-0.2, 0) is 12.8 Å². The van der Waals surface area contributed by atoms with E-state index in [2.05, 4.69) is 32.0 Å². The lowest BCUT2D eigenvalue weighted by molar-refractivity contribution is 0.161. The molecule has 0 aliphatic rings. The minimum atomic E-state index is -0.287. The van der Waals surface area contributed by atoms with Gasteiger partial charge < -0.3 is 5.11 Å². The van der Waals surface area contributed by atoms with E-state index in [4.69, 9.17) is 10.2 Å². The molecule has 1 unspecified atom stereocenters. The van der Waals surface area contributed by atoms with Crippen LogP contribution in [-0.4, -0.2) is 26.2 Å². The van der Waals surface area contributed by atoms with Crippen LogP contribution in [0.1, 0.15) is 147 Å². The molecule has 3 aromatic rings. The van der Waals surface area contributed by atoms with E-state index in [9.17, 15) is 5.11 Å². The number of unbranched alkanes of at least 4 members (excludes halogenated alkanes) is 16. The molecule has 0 saturated heterocycles. The Kier molecular flexibility index (Phi) is 16.0. The lowest BCUT2D eigenvalue weighted by Gasteiger charge is -2.14. The first-order chi connectivity index (χ1) is 19.7. The normalized spacial score (nSPS) is 12.4. The van der Waals surface area contributed by atoms with Gasteiger partial charge in [0.15, 0.2) is 0 Å². The van der Waals surface area contributed by atoms with Gasteiger partial charge in [-0.1, -0.05) is 141 Å². The summed E-state index contributed by atoms with van der Waals surface area (Å²) in [6, 6.07) is 14.8. The van der Waals surface area contributed by atoms with E-state index in [0.717, 1.165) is 36.0 Å². The van der Waals surface area contributed by atoms with Gasteiger partial charge in [0.1, 0.15) is 11.0 Å². The van der Waals surface area contributed by atoms with Gasteiger partial charge in [-0.25, -0.2) is 0 Å². The van der Waals surface area contributed by atoms with Crippen molar-refractivity contribution in [3.8, 4) is 5.69 Å². The summed E-state index contributed by atoms with van der Waals surface area (Å²) in [7, 11) is 0. The average molecular weight is 548 g/mol. The van der Waals surface area contributed by atoms with E-state index in [1.165, 1.54) is 120 Å². The highest BCUT2D eigenvalue weighted by Gasteiger charge is 2.11. The monoisotopic (exact) mass is 547 g/mol. The predicted molar refractivity (Wildman–Crippen MR) is 171 cm³/mol. The Labute approximate surface area is 245 Å². The number of hydrogen-bond acceptors (Lipinski definition) is 3. The highest BCUT2D eigenvalue weighted by molar-refractivity contribution is 5.73. The lowest BCUT2D eigenvalue weighted by atomic mass is 9.97. The first-order valence-electron chi connectivity index (χ1n) is 16.8. The Morgan fingerprint density at radius 3 is 1.62 bits per heavy atom. The number of fused-ring (bicyclic) bond motifs is 1. The van der Waals surface area contributed by atoms with Gasteiger partial charge in [-0.15, -0.1) is 10.2 Å². The van der Waals surface area contributed by atoms with Crippen LogP contribution in [0.15, 0.2) is 42.5 Å². The van der Waals surface area contributed by atoms with Gasteiger partial charge in [0, 0.05) is 0 Å². The van der Waals surface area contributed by atoms with Gasteiger partial charge in [0.05, 0.1) is 11.8 Å². The van der Waals surface area contributed by atoms with Crippen molar-refractivity contribution in [3.63, 3.8) is 0 Å². The molecule has 222 valence electrons. The minimum Gasteiger partial charge on any atom is -0.393 e. The molecule has 0 aliphatic heterocycles. The topological polar surface area (TPSA) is 50.9 Å². The van der Waals surface area contributed by atoms with Crippen molar-refractivity contribution in [2.45, 2.75) is 155 Å². The van der Waals surface area contributed by atoms with Crippen LogP contribution < -0.4 is 0 Å². The van der Waals surface area contributed by atoms with E-state index in [0.29, 0.717) is 6.42 Å². The number of aliphatic hydroxyl groups excluding tert-OH is 1. The highest BCUT2D eigenvalue weighted by Crippen LogP contribution is 2.21. The zero-order valence-electron chi connectivity index (χ0n) is 25.8. The molecular formula is C36H57N3O. The second-order valence-corrected chi connectivity index (χ2v) is 12.0. The second-order valence-electron chi connectivity index (χ2n) is 12.0. The van der Waals surface area contributed by atoms with Crippen LogP contribution in [0.25, 0.3) is 16.7 Å². The SMILES string of the molecule is CCCCCCCCCCCCc1cc(CC(O)CCCCCCCCCC)cc(-n2nc3ccccc3n2)c1. The van der Waals surface area contributed by atoms with Gasteiger partial charge in [-0.3, -0.25) is 0 Å². The molecule has 4 heteroatoms. The third-order valence-corrected chi connectivity index (χ3v) is 8.24. The quantitative estimate of drug-likeness (QED) is 0.120. The van der Waals surface area contributed by atoms with E-state index in [1.807, 2.05) is 24.3 Å². The van der Waals surface area contributed by atoms with E-state index >= 15 is 0 Å². The molecule has 0 radical (unpaired) electrons. The summed E-state index contributed by atoms with van der Waals surface area (Å²) >= 11 is 0. The van der Waals surface area contributed by atoms with Gasteiger partial charge in [-0.2, -0.15) is 4.80 Å². The molecule has 40 heavy (non-hydrogen) atoms. The fourth-order valence-electron chi connectivity index (χ4n) is 5.80. The molecule has 1 heterocycles. The molecule has 2 aromatic carbocycles. The smallest absolute Gasteiger partial charge is 0.113 e. The summed E-state index contributed by atoms with van der Waals surface area (Å²) in [4.78, 5) is 1.78. The number of rotatable bonds is 23. The third kappa shape index (κ3) is 12.5. The van der Waals surface area contributed by atoms with Crippen LogP contribution in [0.4, 0.5) is 0 Å². The standard InChI is InChI=1S/C36H57N3O/c1-3-5-7-9-11-13-14-15-17-19-23-31-27-32(30-34(40)24-20-18-16-12-10-8-6-4-2)29-33(28-31)39-37-35-25-21-22-26-36(35)38-39/h21-22,25-29,34,40H,3-20,23-24,30H2,1-2H3. The van der Waals surface area contributed by atoms with Crippen molar-refractivity contribution in [2.24, 2.45) is 0 Å². The number of aliphatic hydroxyl groups is 1. The highest BCUT2D eigenvalue weighted by atomic mass is 16.3. The van der Waals surface area contributed by atoms with Crippen molar-refractivity contribution in [2.75, 3.05) is 0 Å². The average Bonchev–Trinajstić information content (AvgIpc) is 3.40.